The Morgan fingerprint density at radius 1 is 1.40 bits per heavy atom. The van der Waals surface area contributed by atoms with Crippen molar-refractivity contribution in [3.8, 4) is 0 Å². The maximum atomic E-state index is 13.5. The number of rotatable bonds is 3. The third-order valence-electron chi connectivity index (χ3n) is 3.23. The zero-order valence-electron chi connectivity index (χ0n) is 11.0. The lowest BCUT2D eigenvalue weighted by atomic mass is 10.1. The average molecular weight is 304 g/mol. The summed E-state index contributed by atoms with van der Waals surface area (Å²) in [5, 5.41) is 2.56. The van der Waals surface area contributed by atoms with Crippen LogP contribution >= 0.6 is 11.9 Å². The van der Waals surface area contributed by atoms with Crippen LogP contribution < -0.4 is 5.32 Å². The summed E-state index contributed by atoms with van der Waals surface area (Å²) in [4.78, 5) is 12.0. The highest BCUT2D eigenvalue weighted by molar-refractivity contribution is 7.97. The van der Waals surface area contributed by atoms with Gasteiger partial charge in [-0.15, -0.1) is 0 Å². The van der Waals surface area contributed by atoms with E-state index in [1.165, 1.54) is 0 Å². The van der Waals surface area contributed by atoms with Gasteiger partial charge < -0.3 is 5.32 Å². The molecule has 1 saturated heterocycles. The number of likely N-dealkylation sites (N-methyl/N-ethyl adjacent to an activating group) is 1. The van der Waals surface area contributed by atoms with Crippen LogP contribution in [0, 0.1) is 17.5 Å². The third kappa shape index (κ3) is 3.27. The maximum Gasteiger partial charge on any atom is 0.238 e. The normalized spacial score (nSPS) is 19.9. The van der Waals surface area contributed by atoms with Crippen LogP contribution in [0.3, 0.4) is 0 Å². The smallest absolute Gasteiger partial charge is 0.238 e. The van der Waals surface area contributed by atoms with E-state index in [1.807, 2.05) is 11.4 Å². The fourth-order valence-corrected chi connectivity index (χ4v) is 3.02. The van der Waals surface area contributed by atoms with Crippen molar-refractivity contribution >= 4 is 17.9 Å². The number of hydrogen-bond donors (Lipinski definition) is 1. The van der Waals surface area contributed by atoms with Crippen molar-refractivity contribution < 1.29 is 18.0 Å². The first-order chi connectivity index (χ1) is 9.50. The molecule has 0 aliphatic carbocycles. The number of carbonyl (C=O) groups is 1. The Balaban J connectivity index is 1.98. The monoisotopic (exact) mass is 304 g/mol. The molecule has 1 atom stereocenters. The van der Waals surface area contributed by atoms with E-state index in [0.717, 1.165) is 30.7 Å². The van der Waals surface area contributed by atoms with E-state index in [4.69, 9.17) is 0 Å². The van der Waals surface area contributed by atoms with Gasteiger partial charge in [-0.2, -0.15) is 0 Å². The van der Waals surface area contributed by atoms with Crippen molar-refractivity contribution in [1.29, 1.82) is 0 Å². The fourth-order valence-electron chi connectivity index (χ4n) is 2.06. The number of amides is 1. The van der Waals surface area contributed by atoms with E-state index < -0.39 is 17.5 Å². The Kier molecular flexibility index (Phi) is 4.93. The molecule has 0 spiro atoms. The summed E-state index contributed by atoms with van der Waals surface area (Å²) in [5.41, 5.74) is -0.0663. The molecule has 1 unspecified atom stereocenters. The van der Waals surface area contributed by atoms with Gasteiger partial charge in [0, 0.05) is 17.9 Å². The Morgan fingerprint density at radius 2 is 2.15 bits per heavy atom. The Hall–Kier alpha value is -1.21. The summed E-state index contributed by atoms with van der Waals surface area (Å²) in [6.45, 7) is -0.156. The lowest BCUT2D eigenvalue weighted by molar-refractivity contribution is -0.124. The summed E-state index contributed by atoms with van der Waals surface area (Å²) >= 11 is 1.57. The number of benzene rings is 1. The van der Waals surface area contributed by atoms with Crippen molar-refractivity contribution in [3.63, 3.8) is 0 Å². The number of nitrogens with zero attached hydrogens (tertiary/aromatic N) is 1. The highest BCUT2D eigenvalue weighted by atomic mass is 32.2. The Labute approximate surface area is 119 Å². The first kappa shape index (κ1) is 15.2. The molecular formula is C13H15F3N2OS. The van der Waals surface area contributed by atoms with Crippen LogP contribution in [0.4, 0.5) is 13.2 Å². The fraction of sp³-hybridized carbons (Fsp3) is 0.462. The second-order valence-corrected chi connectivity index (χ2v) is 5.83. The summed E-state index contributed by atoms with van der Waals surface area (Å²) in [5.74, 6) is -3.26. The van der Waals surface area contributed by atoms with Gasteiger partial charge in [-0.25, -0.2) is 17.5 Å². The molecule has 20 heavy (non-hydrogen) atoms. The molecule has 1 fully saturated rings. The highest BCUT2D eigenvalue weighted by Crippen LogP contribution is 2.23. The standard InChI is InChI=1S/C13H15F3N2OS/c1-18-10(3-2-6-20-18)13(19)17-7-8-4-5-9(14)12(16)11(8)15/h4-5,10H,2-3,6-7H2,1H3,(H,17,19). The van der Waals surface area contributed by atoms with E-state index in [2.05, 4.69) is 5.32 Å². The molecule has 1 aliphatic rings. The second-order valence-electron chi connectivity index (χ2n) is 4.59. The predicted molar refractivity (Wildman–Crippen MR) is 71.4 cm³/mol. The zero-order chi connectivity index (χ0) is 14.7. The van der Waals surface area contributed by atoms with Crippen LogP contribution in [-0.2, 0) is 11.3 Å². The average Bonchev–Trinajstić information content (AvgIpc) is 2.44. The molecule has 0 saturated carbocycles. The van der Waals surface area contributed by atoms with Gasteiger partial charge in [0.05, 0.1) is 6.04 Å². The molecular weight excluding hydrogens is 289 g/mol. The zero-order valence-corrected chi connectivity index (χ0v) is 11.8. The summed E-state index contributed by atoms with van der Waals surface area (Å²) < 4.78 is 41.2. The molecule has 1 heterocycles. The number of carbonyl (C=O) groups excluding carboxylic acids is 1. The maximum absolute atomic E-state index is 13.5. The van der Waals surface area contributed by atoms with Gasteiger partial charge in [0.1, 0.15) is 0 Å². The van der Waals surface area contributed by atoms with Crippen LogP contribution in [0.25, 0.3) is 0 Å². The number of nitrogens with one attached hydrogen (secondary N) is 1. The largest absolute Gasteiger partial charge is 0.351 e. The Bertz CT molecular complexity index is 513. The molecule has 0 radical (unpaired) electrons. The summed E-state index contributed by atoms with van der Waals surface area (Å²) in [6.07, 6.45) is 1.67. The van der Waals surface area contributed by atoms with E-state index >= 15 is 0 Å². The van der Waals surface area contributed by atoms with Gasteiger partial charge in [0.2, 0.25) is 5.91 Å². The minimum atomic E-state index is -1.51. The summed E-state index contributed by atoms with van der Waals surface area (Å²) in [7, 11) is 1.83. The number of halogens is 3. The predicted octanol–water partition coefficient (Wildman–Crippen LogP) is 2.46. The van der Waals surface area contributed by atoms with Crippen molar-refractivity contribution in [2.75, 3.05) is 12.8 Å². The van der Waals surface area contributed by atoms with Crippen molar-refractivity contribution in [2.45, 2.75) is 25.4 Å². The first-order valence-corrected chi connectivity index (χ1v) is 7.20. The van der Waals surface area contributed by atoms with Crippen LogP contribution in [0.5, 0.6) is 0 Å². The van der Waals surface area contributed by atoms with Crippen LogP contribution in [0.1, 0.15) is 18.4 Å². The van der Waals surface area contributed by atoms with Crippen molar-refractivity contribution in [2.24, 2.45) is 0 Å². The molecule has 3 nitrogen and oxygen atoms in total. The van der Waals surface area contributed by atoms with E-state index in [-0.39, 0.29) is 24.1 Å². The SMILES string of the molecule is CN1SCCCC1C(=O)NCc1ccc(F)c(F)c1F. The van der Waals surface area contributed by atoms with Gasteiger partial charge in [-0.05, 0) is 26.0 Å². The van der Waals surface area contributed by atoms with Crippen LogP contribution in [0.15, 0.2) is 12.1 Å². The quantitative estimate of drug-likeness (QED) is 0.688. The second kappa shape index (κ2) is 6.49. The topological polar surface area (TPSA) is 32.3 Å². The molecule has 7 heteroatoms. The molecule has 1 aliphatic heterocycles. The molecule has 0 bridgehead atoms. The van der Waals surface area contributed by atoms with E-state index in [9.17, 15) is 18.0 Å². The molecule has 1 amide bonds. The highest BCUT2D eigenvalue weighted by Gasteiger charge is 2.26. The van der Waals surface area contributed by atoms with Gasteiger partial charge in [0.25, 0.3) is 0 Å². The van der Waals surface area contributed by atoms with Gasteiger partial charge in [-0.3, -0.25) is 4.79 Å². The van der Waals surface area contributed by atoms with E-state index in [1.54, 1.807) is 11.9 Å². The Morgan fingerprint density at radius 3 is 2.85 bits per heavy atom. The molecule has 1 aromatic carbocycles. The third-order valence-corrected chi connectivity index (χ3v) is 4.36. The lowest BCUT2D eigenvalue weighted by Gasteiger charge is -2.30. The molecule has 2 rings (SSSR count). The minimum absolute atomic E-state index is 0.0663. The van der Waals surface area contributed by atoms with Gasteiger partial charge in [-0.1, -0.05) is 18.0 Å². The van der Waals surface area contributed by atoms with Crippen LogP contribution in [0.2, 0.25) is 0 Å². The lowest BCUT2D eigenvalue weighted by Crippen LogP contribution is -2.44. The first-order valence-electron chi connectivity index (χ1n) is 6.26. The van der Waals surface area contributed by atoms with Crippen molar-refractivity contribution in [1.82, 2.24) is 9.62 Å². The van der Waals surface area contributed by atoms with Crippen molar-refractivity contribution in [3.05, 3.63) is 35.1 Å². The minimum Gasteiger partial charge on any atom is -0.351 e. The number of hydrogen-bond acceptors (Lipinski definition) is 3. The summed E-state index contributed by atoms with van der Waals surface area (Å²) in [6, 6.07) is 1.71. The molecule has 0 aromatic heterocycles. The van der Waals surface area contributed by atoms with Crippen LogP contribution in [-0.4, -0.2) is 29.1 Å². The van der Waals surface area contributed by atoms with E-state index in [0.29, 0.717) is 0 Å². The van der Waals surface area contributed by atoms with Gasteiger partial charge in [0.15, 0.2) is 17.5 Å². The molecule has 110 valence electrons. The molecule has 1 N–H and O–H groups in total. The molecule has 1 aromatic rings. The van der Waals surface area contributed by atoms with Gasteiger partial charge >= 0.3 is 0 Å².